The van der Waals surface area contributed by atoms with Crippen molar-refractivity contribution in [2.45, 2.75) is 13.8 Å². The van der Waals surface area contributed by atoms with E-state index >= 15 is 0 Å². The van der Waals surface area contributed by atoms with Crippen molar-refractivity contribution in [1.82, 2.24) is 9.78 Å². The van der Waals surface area contributed by atoms with E-state index in [1.165, 1.54) is 0 Å². The Bertz CT molecular complexity index is 884. The Kier molecular flexibility index (Phi) is 4.12. The van der Waals surface area contributed by atoms with Gasteiger partial charge in [0.1, 0.15) is 11.6 Å². The Labute approximate surface area is 137 Å². The Balaban J connectivity index is 1.93. The summed E-state index contributed by atoms with van der Waals surface area (Å²) < 4.78 is 28.3. The first kappa shape index (κ1) is 15.9. The van der Waals surface area contributed by atoms with Crippen LogP contribution < -0.4 is 5.32 Å². The van der Waals surface area contributed by atoms with Crippen molar-refractivity contribution in [2.24, 2.45) is 0 Å². The molecule has 0 radical (unpaired) electrons. The maximum Gasteiger partial charge on any atom is 0.255 e. The summed E-state index contributed by atoms with van der Waals surface area (Å²) in [7, 11) is 0. The minimum absolute atomic E-state index is 0.0845. The lowest BCUT2D eigenvalue weighted by atomic mass is 10.2. The van der Waals surface area contributed by atoms with Gasteiger partial charge in [-0.1, -0.05) is 18.2 Å². The van der Waals surface area contributed by atoms with E-state index in [0.29, 0.717) is 11.4 Å². The number of aromatic nitrogens is 2. The van der Waals surface area contributed by atoms with Crippen LogP contribution in [0.4, 0.5) is 14.5 Å². The molecule has 0 bridgehead atoms. The molecule has 3 rings (SSSR count). The number of aryl methyl sites for hydroxylation is 1. The highest BCUT2D eigenvalue weighted by Gasteiger charge is 2.17. The van der Waals surface area contributed by atoms with Crippen LogP contribution in [-0.2, 0) is 0 Å². The summed E-state index contributed by atoms with van der Waals surface area (Å²) in [6, 6.07) is 12.2. The van der Waals surface area contributed by atoms with Gasteiger partial charge >= 0.3 is 0 Å². The number of amides is 1. The maximum absolute atomic E-state index is 13.3. The molecular weight excluding hydrogens is 312 g/mol. The zero-order valence-electron chi connectivity index (χ0n) is 13.2. The lowest BCUT2D eigenvalue weighted by molar-refractivity contribution is 0.102. The molecule has 0 atom stereocenters. The number of benzene rings is 2. The van der Waals surface area contributed by atoms with Gasteiger partial charge in [0.05, 0.1) is 22.8 Å². The van der Waals surface area contributed by atoms with Gasteiger partial charge in [0.15, 0.2) is 0 Å². The molecule has 1 amide bonds. The first-order valence-electron chi connectivity index (χ1n) is 7.35. The van der Waals surface area contributed by atoms with Crippen LogP contribution in [-0.4, -0.2) is 15.7 Å². The molecule has 0 aliphatic heterocycles. The standard InChI is InChI=1S/C18H15F2N3O/c1-11-17(12(2)23(22-11)16-6-4-3-5-7-16)21-18(24)13-8-14(19)10-15(20)9-13/h3-10H,1-2H3,(H,21,24). The predicted octanol–water partition coefficient (Wildman–Crippen LogP) is 4.02. The SMILES string of the molecule is Cc1nn(-c2ccccc2)c(C)c1NC(=O)c1cc(F)cc(F)c1. The van der Waals surface area contributed by atoms with Gasteiger partial charge in [-0.15, -0.1) is 0 Å². The van der Waals surface area contributed by atoms with E-state index in [4.69, 9.17) is 0 Å². The number of nitrogens with zero attached hydrogens (tertiary/aromatic N) is 2. The number of rotatable bonds is 3. The summed E-state index contributed by atoms with van der Waals surface area (Å²) in [5.41, 5.74) is 2.63. The van der Waals surface area contributed by atoms with E-state index < -0.39 is 17.5 Å². The maximum atomic E-state index is 13.3. The summed E-state index contributed by atoms with van der Waals surface area (Å²) in [6.07, 6.45) is 0. The van der Waals surface area contributed by atoms with Crippen LogP contribution in [0.1, 0.15) is 21.7 Å². The van der Waals surface area contributed by atoms with Gasteiger partial charge in [-0.05, 0) is 38.1 Å². The molecule has 3 aromatic rings. The summed E-state index contributed by atoms with van der Waals surface area (Å²) in [5, 5.41) is 7.10. The molecule has 4 nitrogen and oxygen atoms in total. The molecule has 122 valence electrons. The van der Waals surface area contributed by atoms with Gasteiger partial charge < -0.3 is 5.32 Å². The predicted molar refractivity (Wildman–Crippen MR) is 87.3 cm³/mol. The van der Waals surface area contributed by atoms with Gasteiger partial charge in [-0.3, -0.25) is 4.79 Å². The van der Waals surface area contributed by atoms with E-state index in [1.807, 2.05) is 37.3 Å². The molecule has 0 aliphatic rings. The van der Waals surface area contributed by atoms with E-state index in [0.717, 1.165) is 29.6 Å². The number of halogens is 2. The number of carbonyl (C=O) groups excluding carboxylic acids is 1. The summed E-state index contributed by atoms with van der Waals surface area (Å²) in [5.74, 6) is -2.19. The molecule has 0 fully saturated rings. The van der Waals surface area contributed by atoms with Gasteiger partial charge in [0.2, 0.25) is 0 Å². The number of anilines is 1. The lowest BCUT2D eigenvalue weighted by Crippen LogP contribution is -2.14. The summed E-state index contributed by atoms with van der Waals surface area (Å²) in [6.45, 7) is 3.57. The quantitative estimate of drug-likeness (QED) is 0.790. The van der Waals surface area contributed by atoms with Crippen molar-refractivity contribution in [3.8, 4) is 5.69 Å². The Hall–Kier alpha value is -3.02. The lowest BCUT2D eigenvalue weighted by Gasteiger charge is -2.07. The second-order valence-electron chi connectivity index (χ2n) is 5.41. The second-order valence-corrected chi connectivity index (χ2v) is 5.41. The molecular formula is C18H15F2N3O. The van der Waals surface area contributed by atoms with Crippen molar-refractivity contribution >= 4 is 11.6 Å². The van der Waals surface area contributed by atoms with Crippen LogP contribution in [0, 0.1) is 25.5 Å². The fraction of sp³-hybridized carbons (Fsp3) is 0.111. The normalized spacial score (nSPS) is 10.7. The van der Waals surface area contributed by atoms with Crippen molar-refractivity contribution in [3.05, 3.63) is 77.1 Å². The second kappa shape index (κ2) is 6.23. The topological polar surface area (TPSA) is 46.9 Å². The Morgan fingerprint density at radius 2 is 1.67 bits per heavy atom. The number of para-hydroxylation sites is 1. The van der Waals surface area contributed by atoms with Crippen LogP contribution in [0.3, 0.4) is 0 Å². The molecule has 2 aromatic carbocycles. The molecule has 0 aliphatic carbocycles. The molecule has 0 saturated carbocycles. The minimum atomic E-state index is -0.798. The molecule has 0 saturated heterocycles. The van der Waals surface area contributed by atoms with Crippen LogP contribution in [0.15, 0.2) is 48.5 Å². The van der Waals surface area contributed by atoms with Crippen LogP contribution in [0.25, 0.3) is 5.69 Å². The van der Waals surface area contributed by atoms with E-state index in [9.17, 15) is 13.6 Å². The molecule has 6 heteroatoms. The first-order chi connectivity index (χ1) is 11.5. The number of hydrogen-bond acceptors (Lipinski definition) is 2. The average molecular weight is 327 g/mol. The molecule has 1 N–H and O–H groups in total. The van der Waals surface area contributed by atoms with E-state index in [1.54, 1.807) is 11.6 Å². The number of hydrogen-bond donors (Lipinski definition) is 1. The monoisotopic (exact) mass is 327 g/mol. The third-order valence-electron chi connectivity index (χ3n) is 3.66. The highest BCUT2D eigenvalue weighted by molar-refractivity contribution is 6.04. The molecule has 24 heavy (non-hydrogen) atoms. The fourth-order valence-corrected chi connectivity index (χ4v) is 2.51. The highest BCUT2D eigenvalue weighted by Crippen LogP contribution is 2.23. The zero-order chi connectivity index (χ0) is 17.3. The van der Waals surface area contributed by atoms with Crippen molar-refractivity contribution in [1.29, 1.82) is 0 Å². The molecule has 1 aromatic heterocycles. The summed E-state index contributed by atoms with van der Waals surface area (Å²) >= 11 is 0. The van der Waals surface area contributed by atoms with Crippen LogP contribution in [0.2, 0.25) is 0 Å². The van der Waals surface area contributed by atoms with Gasteiger partial charge in [-0.2, -0.15) is 5.10 Å². The van der Waals surface area contributed by atoms with Gasteiger partial charge in [0, 0.05) is 11.6 Å². The van der Waals surface area contributed by atoms with Crippen LogP contribution >= 0.6 is 0 Å². The smallest absolute Gasteiger partial charge is 0.255 e. The zero-order valence-corrected chi connectivity index (χ0v) is 13.2. The van der Waals surface area contributed by atoms with Crippen molar-refractivity contribution < 1.29 is 13.6 Å². The molecule has 1 heterocycles. The Morgan fingerprint density at radius 1 is 1.04 bits per heavy atom. The van der Waals surface area contributed by atoms with E-state index in [2.05, 4.69) is 10.4 Å². The number of carbonyl (C=O) groups is 1. The summed E-state index contributed by atoms with van der Waals surface area (Å²) in [4.78, 5) is 12.3. The first-order valence-corrected chi connectivity index (χ1v) is 7.35. The van der Waals surface area contributed by atoms with Crippen LogP contribution in [0.5, 0.6) is 0 Å². The average Bonchev–Trinajstić information content (AvgIpc) is 2.83. The third-order valence-corrected chi connectivity index (χ3v) is 3.66. The molecule has 0 spiro atoms. The third kappa shape index (κ3) is 3.03. The Morgan fingerprint density at radius 3 is 2.29 bits per heavy atom. The largest absolute Gasteiger partial charge is 0.319 e. The van der Waals surface area contributed by atoms with Gasteiger partial charge in [-0.25, -0.2) is 13.5 Å². The minimum Gasteiger partial charge on any atom is -0.319 e. The fourth-order valence-electron chi connectivity index (χ4n) is 2.51. The highest BCUT2D eigenvalue weighted by atomic mass is 19.1. The van der Waals surface area contributed by atoms with Crippen molar-refractivity contribution in [3.63, 3.8) is 0 Å². The molecule has 0 unspecified atom stereocenters. The van der Waals surface area contributed by atoms with E-state index in [-0.39, 0.29) is 5.56 Å². The van der Waals surface area contributed by atoms with Gasteiger partial charge in [0.25, 0.3) is 5.91 Å². The van der Waals surface area contributed by atoms with Crippen molar-refractivity contribution in [2.75, 3.05) is 5.32 Å². The number of nitrogens with one attached hydrogen (secondary N) is 1.